The van der Waals surface area contributed by atoms with E-state index in [0.29, 0.717) is 5.56 Å². The molecule has 0 saturated carbocycles. The highest BCUT2D eigenvalue weighted by Gasteiger charge is 2.21. The monoisotopic (exact) mass is 325 g/mol. The quantitative estimate of drug-likeness (QED) is 0.660. The van der Waals surface area contributed by atoms with Crippen LogP contribution in [0.5, 0.6) is 0 Å². The summed E-state index contributed by atoms with van der Waals surface area (Å²) in [5, 5.41) is 19.8. The summed E-state index contributed by atoms with van der Waals surface area (Å²) in [4.78, 5) is 24.4. The second-order valence-electron chi connectivity index (χ2n) is 5.14. The Morgan fingerprint density at radius 2 is 1.92 bits per heavy atom. The summed E-state index contributed by atoms with van der Waals surface area (Å²) in [6.45, 7) is -0.539. The van der Waals surface area contributed by atoms with Crippen LogP contribution in [0.2, 0.25) is 0 Å². The second-order valence-corrected chi connectivity index (χ2v) is 5.14. The number of aliphatic hydroxyl groups excluding tert-OH is 1. The normalized spacial score (nSPS) is 11.9. The molecule has 122 valence electrons. The summed E-state index contributed by atoms with van der Waals surface area (Å²) in [5.74, 6) is -0.825. The number of rotatable bonds is 5. The van der Waals surface area contributed by atoms with Crippen molar-refractivity contribution in [2.45, 2.75) is 6.04 Å². The van der Waals surface area contributed by atoms with E-state index in [-0.39, 0.29) is 5.82 Å². The molecule has 0 fully saturated rings. The van der Waals surface area contributed by atoms with Gasteiger partial charge in [-0.05, 0) is 22.9 Å². The lowest BCUT2D eigenvalue weighted by atomic mass is 10.1. The summed E-state index contributed by atoms with van der Waals surface area (Å²) in [5.41, 5.74) is 0.404. The van der Waals surface area contributed by atoms with Crippen LogP contribution in [0.3, 0.4) is 0 Å². The third-order valence-corrected chi connectivity index (χ3v) is 3.51. The fraction of sp³-hybridized carbons (Fsp3) is 0.118. The molecule has 2 amide bonds. The zero-order valence-electron chi connectivity index (χ0n) is 12.6. The number of amides is 2. The van der Waals surface area contributed by atoms with Crippen LogP contribution in [0.4, 0.5) is 5.82 Å². The van der Waals surface area contributed by atoms with Crippen molar-refractivity contribution < 1.29 is 19.2 Å². The Hall–Kier alpha value is -3.19. The Bertz CT molecular complexity index is 861. The van der Waals surface area contributed by atoms with Gasteiger partial charge in [0.2, 0.25) is 0 Å². The van der Waals surface area contributed by atoms with Crippen LogP contribution in [0.25, 0.3) is 10.8 Å². The molecule has 0 bridgehead atoms. The highest BCUT2D eigenvalue weighted by atomic mass is 16.5. The van der Waals surface area contributed by atoms with Gasteiger partial charge >= 0.3 is 0 Å². The van der Waals surface area contributed by atoms with E-state index in [2.05, 4.69) is 20.3 Å². The third kappa shape index (κ3) is 3.41. The van der Waals surface area contributed by atoms with Crippen LogP contribution in [0, 0.1) is 0 Å². The van der Waals surface area contributed by atoms with Crippen LogP contribution in [-0.4, -0.2) is 34.7 Å². The van der Waals surface area contributed by atoms with Gasteiger partial charge in [0.05, 0.1) is 6.61 Å². The number of nitrogens with one attached hydrogen (secondary N) is 2. The van der Waals surface area contributed by atoms with Gasteiger partial charge in [-0.3, -0.25) is 9.59 Å². The minimum Gasteiger partial charge on any atom is -0.394 e. The number of carbonyl (C=O) groups is 2. The molecule has 0 radical (unpaired) electrons. The molecule has 7 nitrogen and oxygen atoms in total. The molecule has 7 heteroatoms. The summed E-state index contributed by atoms with van der Waals surface area (Å²) in [6, 6.07) is 13.2. The maximum Gasteiger partial charge on any atom is 0.252 e. The number of carbonyl (C=O) groups excluding carboxylic acids is 2. The molecule has 0 aliphatic rings. The van der Waals surface area contributed by atoms with Crippen LogP contribution < -0.4 is 10.6 Å². The second kappa shape index (κ2) is 6.93. The number of fused-ring (bicyclic) bond motifs is 1. The molecule has 0 saturated heterocycles. The highest BCUT2D eigenvalue weighted by molar-refractivity contribution is 6.02. The van der Waals surface area contributed by atoms with Crippen molar-refractivity contribution in [3.05, 3.63) is 60.4 Å². The smallest absolute Gasteiger partial charge is 0.252 e. The first-order valence-electron chi connectivity index (χ1n) is 7.29. The van der Waals surface area contributed by atoms with Crippen LogP contribution in [0.15, 0.2) is 59.3 Å². The lowest BCUT2D eigenvalue weighted by Gasteiger charge is -2.15. The van der Waals surface area contributed by atoms with Gasteiger partial charge < -0.3 is 20.3 Å². The molecule has 1 aromatic heterocycles. The van der Waals surface area contributed by atoms with Crippen molar-refractivity contribution in [1.82, 2.24) is 10.5 Å². The van der Waals surface area contributed by atoms with E-state index in [1.807, 2.05) is 30.3 Å². The molecule has 1 heterocycles. The average molecular weight is 325 g/mol. The van der Waals surface area contributed by atoms with Crippen molar-refractivity contribution >= 4 is 28.4 Å². The number of anilines is 1. The van der Waals surface area contributed by atoms with Gasteiger partial charge in [-0.1, -0.05) is 35.5 Å². The SMILES string of the molecule is O=C(NC(CO)C(=O)Nc1ccon1)c1ccc2ccccc2c1. The van der Waals surface area contributed by atoms with Crippen LogP contribution in [0.1, 0.15) is 10.4 Å². The third-order valence-electron chi connectivity index (χ3n) is 3.51. The molecule has 0 aliphatic heterocycles. The van der Waals surface area contributed by atoms with E-state index in [4.69, 9.17) is 0 Å². The molecular formula is C17H15N3O4. The molecule has 3 rings (SSSR count). The highest BCUT2D eigenvalue weighted by Crippen LogP contribution is 2.15. The van der Waals surface area contributed by atoms with Crippen molar-refractivity contribution in [1.29, 1.82) is 0 Å². The Morgan fingerprint density at radius 3 is 2.62 bits per heavy atom. The van der Waals surface area contributed by atoms with Gasteiger partial charge in [0.1, 0.15) is 12.3 Å². The van der Waals surface area contributed by atoms with E-state index in [0.717, 1.165) is 10.8 Å². The van der Waals surface area contributed by atoms with E-state index < -0.39 is 24.5 Å². The predicted molar refractivity (Wildman–Crippen MR) is 87.4 cm³/mol. The summed E-state index contributed by atoms with van der Waals surface area (Å²) < 4.78 is 4.61. The van der Waals surface area contributed by atoms with Gasteiger partial charge in [-0.2, -0.15) is 0 Å². The zero-order valence-corrected chi connectivity index (χ0v) is 12.6. The minimum absolute atomic E-state index is 0.207. The Morgan fingerprint density at radius 1 is 1.12 bits per heavy atom. The number of aliphatic hydroxyl groups is 1. The van der Waals surface area contributed by atoms with Crippen molar-refractivity contribution in [2.24, 2.45) is 0 Å². The van der Waals surface area contributed by atoms with Crippen LogP contribution in [-0.2, 0) is 4.79 Å². The fourth-order valence-corrected chi connectivity index (χ4v) is 2.26. The number of aromatic nitrogens is 1. The van der Waals surface area contributed by atoms with Gasteiger partial charge in [-0.25, -0.2) is 0 Å². The van der Waals surface area contributed by atoms with Gasteiger partial charge in [0.15, 0.2) is 5.82 Å². The number of hydrogen-bond donors (Lipinski definition) is 3. The Kier molecular flexibility index (Phi) is 4.53. The standard InChI is InChI=1S/C17H15N3O4/c21-10-14(17(23)19-15-7-8-24-20-15)18-16(22)13-6-5-11-3-1-2-4-12(11)9-13/h1-9,14,21H,10H2,(H,18,22)(H,19,20,23). The molecule has 0 aliphatic carbocycles. The summed E-state index contributed by atoms with van der Waals surface area (Å²) >= 11 is 0. The van der Waals surface area contributed by atoms with Gasteiger partial charge in [0, 0.05) is 11.6 Å². The van der Waals surface area contributed by atoms with E-state index in [1.165, 1.54) is 12.3 Å². The van der Waals surface area contributed by atoms with Crippen molar-refractivity contribution in [3.8, 4) is 0 Å². The summed E-state index contributed by atoms with van der Waals surface area (Å²) in [6.07, 6.45) is 1.30. The van der Waals surface area contributed by atoms with E-state index >= 15 is 0 Å². The largest absolute Gasteiger partial charge is 0.394 e. The van der Waals surface area contributed by atoms with E-state index in [1.54, 1.807) is 12.1 Å². The number of hydrogen-bond acceptors (Lipinski definition) is 5. The summed E-state index contributed by atoms with van der Waals surface area (Å²) in [7, 11) is 0. The Labute approximate surface area is 137 Å². The van der Waals surface area contributed by atoms with Crippen molar-refractivity contribution in [2.75, 3.05) is 11.9 Å². The van der Waals surface area contributed by atoms with Gasteiger partial charge in [-0.15, -0.1) is 0 Å². The molecule has 0 spiro atoms. The minimum atomic E-state index is -1.10. The first-order chi connectivity index (χ1) is 11.7. The zero-order chi connectivity index (χ0) is 16.9. The van der Waals surface area contributed by atoms with Crippen molar-refractivity contribution in [3.63, 3.8) is 0 Å². The maximum atomic E-state index is 12.3. The predicted octanol–water partition coefficient (Wildman–Crippen LogP) is 1.56. The Balaban J connectivity index is 1.72. The fourth-order valence-electron chi connectivity index (χ4n) is 2.26. The lowest BCUT2D eigenvalue weighted by Crippen LogP contribution is -2.46. The molecule has 3 N–H and O–H groups in total. The topological polar surface area (TPSA) is 104 Å². The first kappa shape index (κ1) is 15.7. The molecule has 1 unspecified atom stereocenters. The molecule has 3 aromatic rings. The molecular weight excluding hydrogens is 310 g/mol. The molecule has 1 atom stereocenters. The van der Waals surface area contributed by atoms with Gasteiger partial charge in [0.25, 0.3) is 11.8 Å². The van der Waals surface area contributed by atoms with Crippen LogP contribution >= 0.6 is 0 Å². The molecule has 2 aromatic carbocycles. The molecule has 24 heavy (non-hydrogen) atoms. The maximum absolute atomic E-state index is 12.3. The lowest BCUT2D eigenvalue weighted by molar-refractivity contribution is -0.118. The average Bonchev–Trinajstić information content (AvgIpc) is 3.11. The van der Waals surface area contributed by atoms with E-state index in [9.17, 15) is 14.7 Å². The number of nitrogens with zero attached hydrogens (tertiary/aromatic N) is 1. The number of benzene rings is 2. The first-order valence-corrected chi connectivity index (χ1v) is 7.29.